The number of carbonyl (C=O) groups excluding carboxylic acids is 1. The maximum atomic E-state index is 14.3. The molecule has 1 aromatic heterocycles. The molecule has 0 bridgehead atoms. The lowest BCUT2D eigenvalue weighted by molar-refractivity contribution is 0.102. The first-order valence-electron chi connectivity index (χ1n) is 7.75. The van der Waals surface area contributed by atoms with Crippen LogP contribution in [-0.4, -0.2) is 37.2 Å². The third-order valence-corrected chi connectivity index (χ3v) is 4.54. The summed E-state index contributed by atoms with van der Waals surface area (Å²) in [5, 5.41) is 2.96. The zero-order chi connectivity index (χ0) is 20.2. The van der Waals surface area contributed by atoms with Crippen LogP contribution < -0.4 is 11.1 Å². The summed E-state index contributed by atoms with van der Waals surface area (Å²) in [6.45, 7) is 1.48. The van der Waals surface area contributed by atoms with E-state index in [0.29, 0.717) is 5.02 Å². The smallest absolute Gasteiger partial charge is 0.274 e. The van der Waals surface area contributed by atoms with Gasteiger partial charge in [0.25, 0.3) is 5.91 Å². The van der Waals surface area contributed by atoms with Crippen molar-refractivity contribution in [1.82, 2.24) is 4.98 Å². The van der Waals surface area contributed by atoms with Crippen molar-refractivity contribution < 1.29 is 17.6 Å². The number of anilines is 1. The van der Waals surface area contributed by atoms with Gasteiger partial charge in [-0.25, -0.2) is 17.8 Å². The molecule has 1 atom stereocenters. The largest absolute Gasteiger partial charge is 0.388 e. The Hall–Kier alpha value is -2.52. The Balaban J connectivity index is 2.34. The van der Waals surface area contributed by atoms with Gasteiger partial charge in [-0.3, -0.25) is 9.79 Å². The third kappa shape index (κ3) is 6.30. The fraction of sp³-hybridized carbons (Fsp3) is 0.235. The van der Waals surface area contributed by atoms with Crippen molar-refractivity contribution in [2.75, 3.05) is 17.3 Å². The van der Waals surface area contributed by atoms with E-state index >= 15 is 0 Å². The number of amidine groups is 1. The van der Waals surface area contributed by atoms with E-state index in [1.807, 2.05) is 0 Å². The summed E-state index contributed by atoms with van der Waals surface area (Å²) in [4.78, 5) is 20.2. The molecular weight excluding hydrogens is 395 g/mol. The predicted molar refractivity (Wildman–Crippen MR) is 103 cm³/mol. The van der Waals surface area contributed by atoms with Crippen molar-refractivity contribution in [2.45, 2.75) is 13.0 Å². The molecule has 1 amide bonds. The van der Waals surface area contributed by atoms with Gasteiger partial charge in [-0.05, 0) is 37.3 Å². The van der Waals surface area contributed by atoms with Crippen LogP contribution in [0.1, 0.15) is 29.0 Å². The molecule has 1 aromatic carbocycles. The molecule has 144 valence electrons. The predicted octanol–water partition coefficient (Wildman–Crippen LogP) is 2.59. The average molecular weight is 413 g/mol. The number of hydrogen-bond acceptors (Lipinski definition) is 5. The summed E-state index contributed by atoms with van der Waals surface area (Å²) < 4.78 is 37.6. The van der Waals surface area contributed by atoms with Crippen LogP contribution >= 0.6 is 11.6 Å². The van der Waals surface area contributed by atoms with Crippen molar-refractivity contribution in [2.24, 2.45) is 10.7 Å². The molecule has 0 radical (unpaired) electrons. The number of nitrogens with two attached hydrogens (primary N) is 1. The van der Waals surface area contributed by atoms with Gasteiger partial charge in [0, 0.05) is 23.7 Å². The first kappa shape index (κ1) is 20.8. The van der Waals surface area contributed by atoms with E-state index in [1.54, 1.807) is 0 Å². The Bertz CT molecular complexity index is 974. The normalized spacial score (nSPS) is 13.3. The monoisotopic (exact) mass is 412 g/mol. The molecule has 10 heteroatoms. The number of nitrogens with one attached hydrogen (secondary N) is 1. The molecule has 27 heavy (non-hydrogen) atoms. The SMILES string of the molecule is CC(N)=NC(CS(C)(=O)=O)c1cc(NC(=O)c2ccc(Cl)cn2)ccc1F. The van der Waals surface area contributed by atoms with Gasteiger partial charge in [-0.2, -0.15) is 0 Å². The quantitative estimate of drug-likeness (QED) is 0.559. The molecule has 0 saturated carbocycles. The highest BCUT2D eigenvalue weighted by molar-refractivity contribution is 7.90. The molecule has 1 unspecified atom stereocenters. The highest BCUT2D eigenvalue weighted by Gasteiger charge is 2.21. The number of aliphatic imine (C=N–C) groups is 1. The number of benzene rings is 1. The van der Waals surface area contributed by atoms with E-state index in [4.69, 9.17) is 17.3 Å². The third-order valence-electron chi connectivity index (χ3n) is 3.39. The Labute approximate surface area is 161 Å². The second-order valence-electron chi connectivity index (χ2n) is 5.93. The summed E-state index contributed by atoms with van der Waals surface area (Å²) in [5.41, 5.74) is 5.94. The van der Waals surface area contributed by atoms with Crippen molar-refractivity contribution in [3.05, 3.63) is 58.6 Å². The van der Waals surface area contributed by atoms with Gasteiger partial charge in [-0.15, -0.1) is 0 Å². The lowest BCUT2D eigenvalue weighted by Crippen LogP contribution is -2.18. The fourth-order valence-corrected chi connectivity index (χ4v) is 3.25. The Kier molecular flexibility index (Phi) is 6.50. The molecule has 0 spiro atoms. The second-order valence-corrected chi connectivity index (χ2v) is 8.55. The highest BCUT2D eigenvalue weighted by Crippen LogP contribution is 2.26. The molecule has 0 fully saturated rings. The first-order valence-corrected chi connectivity index (χ1v) is 10.2. The van der Waals surface area contributed by atoms with Crippen molar-refractivity contribution in [3.8, 4) is 0 Å². The van der Waals surface area contributed by atoms with E-state index < -0.39 is 33.4 Å². The molecule has 2 rings (SSSR count). The number of halogens is 2. The van der Waals surface area contributed by atoms with E-state index in [0.717, 1.165) is 12.3 Å². The minimum Gasteiger partial charge on any atom is -0.388 e. The van der Waals surface area contributed by atoms with Gasteiger partial charge in [0.15, 0.2) is 0 Å². The van der Waals surface area contributed by atoms with E-state index in [2.05, 4.69) is 15.3 Å². The first-order chi connectivity index (χ1) is 12.5. The minimum absolute atomic E-state index is 0.00657. The lowest BCUT2D eigenvalue weighted by Gasteiger charge is -2.15. The number of hydrogen-bond donors (Lipinski definition) is 2. The number of pyridine rings is 1. The summed E-state index contributed by atoms with van der Waals surface area (Å²) in [5.74, 6) is -1.49. The topological polar surface area (TPSA) is 115 Å². The van der Waals surface area contributed by atoms with Crippen molar-refractivity contribution in [3.63, 3.8) is 0 Å². The number of sulfone groups is 1. The van der Waals surface area contributed by atoms with Gasteiger partial charge in [0.1, 0.15) is 21.3 Å². The zero-order valence-corrected chi connectivity index (χ0v) is 16.2. The van der Waals surface area contributed by atoms with Crippen LogP contribution in [0.2, 0.25) is 5.02 Å². The summed E-state index contributed by atoms with van der Waals surface area (Å²) in [7, 11) is -3.46. The van der Waals surface area contributed by atoms with Crippen LogP contribution in [0.25, 0.3) is 0 Å². The summed E-state index contributed by atoms with van der Waals surface area (Å²) in [6.07, 6.45) is 2.35. The van der Waals surface area contributed by atoms with Gasteiger partial charge in [0.05, 0.1) is 22.7 Å². The molecule has 7 nitrogen and oxygen atoms in total. The van der Waals surface area contributed by atoms with Crippen LogP contribution in [0.5, 0.6) is 0 Å². The maximum absolute atomic E-state index is 14.3. The Morgan fingerprint density at radius 2 is 2.07 bits per heavy atom. The van der Waals surface area contributed by atoms with Crippen molar-refractivity contribution >= 4 is 38.9 Å². The highest BCUT2D eigenvalue weighted by atomic mass is 35.5. The van der Waals surface area contributed by atoms with Crippen LogP contribution in [0.3, 0.4) is 0 Å². The molecule has 1 heterocycles. The number of amides is 1. The molecule has 3 N–H and O–H groups in total. The number of rotatable bonds is 6. The van der Waals surface area contributed by atoms with E-state index in [1.165, 1.54) is 37.4 Å². The maximum Gasteiger partial charge on any atom is 0.274 e. The van der Waals surface area contributed by atoms with Gasteiger partial charge >= 0.3 is 0 Å². The molecular formula is C17H18ClFN4O3S. The van der Waals surface area contributed by atoms with Crippen LogP contribution in [0.15, 0.2) is 41.5 Å². The molecule has 0 saturated heterocycles. The molecule has 0 aliphatic heterocycles. The number of aromatic nitrogens is 1. The fourth-order valence-electron chi connectivity index (χ4n) is 2.31. The van der Waals surface area contributed by atoms with Gasteiger partial charge in [0.2, 0.25) is 0 Å². The average Bonchev–Trinajstić information content (AvgIpc) is 2.55. The molecule has 0 aliphatic rings. The summed E-state index contributed by atoms with van der Waals surface area (Å²) in [6, 6.07) is 5.72. The lowest BCUT2D eigenvalue weighted by atomic mass is 10.1. The van der Waals surface area contributed by atoms with E-state index in [9.17, 15) is 17.6 Å². The number of nitrogens with zero attached hydrogens (tertiary/aromatic N) is 2. The van der Waals surface area contributed by atoms with E-state index in [-0.39, 0.29) is 22.8 Å². The van der Waals surface area contributed by atoms with Crippen LogP contribution in [-0.2, 0) is 9.84 Å². The second kappa shape index (κ2) is 8.45. The Morgan fingerprint density at radius 1 is 1.37 bits per heavy atom. The molecule has 2 aromatic rings. The zero-order valence-electron chi connectivity index (χ0n) is 14.6. The van der Waals surface area contributed by atoms with Crippen LogP contribution in [0.4, 0.5) is 10.1 Å². The number of carbonyl (C=O) groups is 1. The van der Waals surface area contributed by atoms with Gasteiger partial charge < -0.3 is 11.1 Å². The standard InChI is InChI=1S/C17H18ClFN4O3S/c1-10(20)22-16(9-27(2,25)26)13-7-12(4-5-14(13)19)23-17(24)15-6-3-11(18)8-21-15/h3-8,16H,9H2,1-2H3,(H2,20,22)(H,23,24). The van der Waals surface area contributed by atoms with Crippen molar-refractivity contribution in [1.29, 1.82) is 0 Å². The van der Waals surface area contributed by atoms with Crippen LogP contribution in [0, 0.1) is 5.82 Å². The minimum atomic E-state index is -3.46. The van der Waals surface area contributed by atoms with Gasteiger partial charge in [-0.1, -0.05) is 11.6 Å². The summed E-state index contributed by atoms with van der Waals surface area (Å²) >= 11 is 5.74. The molecule has 0 aliphatic carbocycles. The Morgan fingerprint density at radius 3 is 2.63 bits per heavy atom.